The van der Waals surface area contributed by atoms with Crippen molar-refractivity contribution in [3.63, 3.8) is 0 Å². The molecule has 0 atom stereocenters. The molecule has 4 rings (SSSR count). The second-order valence-corrected chi connectivity index (χ2v) is 5.61. The Hall–Kier alpha value is -2.86. The summed E-state index contributed by atoms with van der Waals surface area (Å²) >= 11 is 5.83. The molecular formula is C17H12ClN3O3. The molecule has 7 heteroatoms. The molecule has 0 aliphatic heterocycles. The topological polar surface area (TPSA) is 74.2 Å². The summed E-state index contributed by atoms with van der Waals surface area (Å²) < 4.78 is 16.3. The zero-order valence-corrected chi connectivity index (χ0v) is 13.4. The molecule has 0 aliphatic carbocycles. The highest BCUT2D eigenvalue weighted by Crippen LogP contribution is 2.23. The minimum absolute atomic E-state index is 0.181. The number of halogens is 1. The third kappa shape index (κ3) is 2.96. The van der Waals surface area contributed by atoms with Crippen LogP contribution in [0.4, 0.5) is 0 Å². The summed E-state index contributed by atoms with van der Waals surface area (Å²) in [5.74, 6) is 2.16. The lowest BCUT2D eigenvalue weighted by atomic mass is 10.2. The van der Waals surface area contributed by atoms with Crippen molar-refractivity contribution >= 4 is 22.7 Å². The van der Waals surface area contributed by atoms with E-state index in [2.05, 4.69) is 15.1 Å². The Morgan fingerprint density at radius 2 is 1.92 bits per heavy atom. The van der Waals surface area contributed by atoms with Gasteiger partial charge in [-0.1, -0.05) is 16.8 Å². The Labute approximate surface area is 142 Å². The van der Waals surface area contributed by atoms with E-state index >= 15 is 0 Å². The first-order chi connectivity index (χ1) is 11.7. The number of hydrogen-bond acceptors (Lipinski definition) is 6. The molecule has 0 fully saturated rings. The van der Waals surface area contributed by atoms with Gasteiger partial charge in [0.2, 0.25) is 5.82 Å². The smallest absolute Gasteiger partial charge is 0.264 e. The van der Waals surface area contributed by atoms with Crippen molar-refractivity contribution in [2.75, 3.05) is 0 Å². The second kappa shape index (κ2) is 5.98. The van der Waals surface area contributed by atoms with E-state index in [0.717, 1.165) is 16.7 Å². The average Bonchev–Trinajstić information content (AvgIpc) is 3.19. The van der Waals surface area contributed by atoms with Gasteiger partial charge in [-0.05, 0) is 42.5 Å². The Morgan fingerprint density at radius 3 is 2.75 bits per heavy atom. The SMILES string of the molecule is Cc1nc2cc(-c3noc(COc4ccc(Cl)cc4)n3)ccc2o1. The number of oxazole rings is 1. The van der Waals surface area contributed by atoms with E-state index in [1.54, 1.807) is 31.2 Å². The molecule has 0 radical (unpaired) electrons. The molecule has 2 heterocycles. The third-order valence-electron chi connectivity index (χ3n) is 3.40. The molecule has 4 aromatic rings. The molecule has 0 aliphatic rings. The summed E-state index contributed by atoms with van der Waals surface area (Å²) in [6.45, 7) is 1.99. The van der Waals surface area contributed by atoms with Crippen molar-refractivity contribution in [1.29, 1.82) is 0 Å². The monoisotopic (exact) mass is 341 g/mol. The van der Waals surface area contributed by atoms with Gasteiger partial charge < -0.3 is 13.7 Å². The van der Waals surface area contributed by atoms with Gasteiger partial charge in [-0.2, -0.15) is 4.98 Å². The van der Waals surface area contributed by atoms with E-state index in [1.165, 1.54) is 0 Å². The largest absolute Gasteiger partial charge is 0.484 e. The van der Waals surface area contributed by atoms with Gasteiger partial charge in [0.1, 0.15) is 11.3 Å². The maximum atomic E-state index is 5.83. The molecule has 6 nitrogen and oxygen atoms in total. The first-order valence-corrected chi connectivity index (χ1v) is 7.64. The Balaban J connectivity index is 1.51. The summed E-state index contributed by atoms with van der Waals surface area (Å²) in [5, 5.41) is 4.63. The molecule has 0 bridgehead atoms. The van der Waals surface area contributed by atoms with Gasteiger partial charge in [0.05, 0.1) is 0 Å². The van der Waals surface area contributed by atoms with E-state index in [1.807, 2.05) is 18.2 Å². The van der Waals surface area contributed by atoms with Crippen LogP contribution < -0.4 is 4.74 Å². The minimum atomic E-state index is 0.181. The van der Waals surface area contributed by atoms with Gasteiger partial charge in [0, 0.05) is 17.5 Å². The quantitative estimate of drug-likeness (QED) is 0.547. The van der Waals surface area contributed by atoms with E-state index in [4.69, 9.17) is 25.3 Å². The molecule has 0 spiro atoms. The Kier molecular flexibility index (Phi) is 3.66. The number of aromatic nitrogens is 3. The Bertz CT molecular complexity index is 992. The normalized spacial score (nSPS) is 11.1. The van der Waals surface area contributed by atoms with Crippen LogP contribution in [0, 0.1) is 6.92 Å². The van der Waals surface area contributed by atoms with Crippen LogP contribution in [0.5, 0.6) is 5.75 Å². The van der Waals surface area contributed by atoms with Gasteiger partial charge in [-0.3, -0.25) is 0 Å². The Morgan fingerprint density at radius 1 is 1.08 bits per heavy atom. The first kappa shape index (κ1) is 14.7. The van der Waals surface area contributed by atoms with Crippen molar-refractivity contribution in [3.05, 3.63) is 59.3 Å². The van der Waals surface area contributed by atoms with Gasteiger partial charge in [-0.15, -0.1) is 0 Å². The lowest BCUT2D eigenvalue weighted by Crippen LogP contribution is -1.95. The number of rotatable bonds is 4. The lowest BCUT2D eigenvalue weighted by molar-refractivity contribution is 0.243. The average molecular weight is 342 g/mol. The third-order valence-corrected chi connectivity index (χ3v) is 3.65. The van der Waals surface area contributed by atoms with Crippen LogP contribution in [0.1, 0.15) is 11.8 Å². The molecule has 0 saturated heterocycles. The van der Waals surface area contributed by atoms with E-state index in [0.29, 0.717) is 28.4 Å². The molecule has 0 unspecified atom stereocenters. The number of hydrogen-bond donors (Lipinski definition) is 0. The molecule has 24 heavy (non-hydrogen) atoms. The zero-order chi connectivity index (χ0) is 16.5. The molecule has 0 saturated carbocycles. The van der Waals surface area contributed by atoms with Crippen LogP contribution in [0.25, 0.3) is 22.5 Å². The molecule has 120 valence electrons. The highest BCUT2D eigenvalue weighted by atomic mass is 35.5. The van der Waals surface area contributed by atoms with Crippen molar-refractivity contribution in [1.82, 2.24) is 15.1 Å². The highest BCUT2D eigenvalue weighted by molar-refractivity contribution is 6.30. The summed E-state index contributed by atoms with van der Waals surface area (Å²) in [4.78, 5) is 8.64. The van der Waals surface area contributed by atoms with Crippen molar-refractivity contribution < 1.29 is 13.7 Å². The highest BCUT2D eigenvalue weighted by Gasteiger charge is 2.11. The zero-order valence-electron chi connectivity index (χ0n) is 12.7. The van der Waals surface area contributed by atoms with Crippen molar-refractivity contribution in [2.45, 2.75) is 13.5 Å². The van der Waals surface area contributed by atoms with Gasteiger partial charge in [0.15, 0.2) is 18.1 Å². The number of aryl methyl sites for hydroxylation is 1. The summed E-state index contributed by atoms with van der Waals surface area (Å²) in [5.41, 5.74) is 2.29. The van der Waals surface area contributed by atoms with Crippen LogP contribution >= 0.6 is 11.6 Å². The molecular weight excluding hydrogens is 330 g/mol. The molecule has 2 aromatic heterocycles. The van der Waals surface area contributed by atoms with Gasteiger partial charge >= 0.3 is 0 Å². The fourth-order valence-electron chi connectivity index (χ4n) is 2.29. The predicted octanol–water partition coefficient (Wildman–Crippen LogP) is 4.42. The number of nitrogens with zero attached hydrogens (tertiary/aromatic N) is 3. The maximum Gasteiger partial charge on any atom is 0.264 e. The second-order valence-electron chi connectivity index (χ2n) is 5.17. The number of benzene rings is 2. The molecule has 2 aromatic carbocycles. The molecule has 0 N–H and O–H groups in total. The fourth-order valence-corrected chi connectivity index (χ4v) is 2.41. The maximum absolute atomic E-state index is 5.83. The fraction of sp³-hybridized carbons (Fsp3) is 0.118. The lowest BCUT2D eigenvalue weighted by Gasteiger charge is -2.02. The van der Waals surface area contributed by atoms with Crippen molar-refractivity contribution in [2.24, 2.45) is 0 Å². The number of ether oxygens (including phenoxy) is 1. The van der Waals surface area contributed by atoms with E-state index in [-0.39, 0.29) is 6.61 Å². The van der Waals surface area contributed by atoms with E-state index in [9.17, 15) is 0 Å². The minimum Gasteiger partial charge on any atom is -0.484 e. The standard InChI is InChI=1S/C17H12ClN3O3/c1-10-19-14-8-11(2-7-15(14)23-10)17-20-16(24-21-17)9-22-13-5-3-12(18)4-6-13/h2-8H,9H2,1H3. The summed E-state index contributed by atoms with van der Waals surface area (Å²) in [6.07, 6.45) is 0. The number of fused-ring (bicyclic) bond motifs is 1. The summed E-state index contributed by atoms with van der Waals surface area (Å²) in [7, 11) is 0. The van der Waals surface area contributed by atoms with Crippen LogP contribution in [-0.4, -0.2) is 15.1 Å². The van der Waals surface area contributed by atoms with Crippen LogP contribution in [-0.2, 0) is 6.61 Å². The van der Waals surface area contributed by atoms with Gasteiger partial charge in [-0.25, -0.2) is 4.98 Å². The van der Waals surface area contributed by atoms with Crippen molar-refractivity contribution in [3.8, 4) is 17.1 Å². The van der Waals surface area contributed by atoms with Crippen LogP contribution in [0.3, 0.4) is 0 Å². The van der Waals surface area contributed by atoms with Crippen LogP contribution in [0.2, 0.25) is 5.02 Å². The van der Waals surface area contributed by atoms with E-state index < -0.39 is 0 Å². The summed E-state index contributed by atoms with van der Waals surface area (Å²) in [6, 6.07) is 12.6. The predicted molar refractivity (Wildman–Crippen MR) is 87.8 cm³/mol. The molecule has 0 amide bonds. The van der Waals surface area contributed by atoms with Crippen LogP contribution in [0.15, 0.2) is 51.4 Å². The van der Waals surface area contributed by atoms with Gasteiger partial charge in [0.25, 0.3) is 5.89 Å². The first-order valence-electron chi connectivity index (χ1n) is 7.26.